The van der Waals surface area contributed by atoms with Gasteiger partial charge in [-0.25, -0.2) is 8.42 Å². The number of aliphatic hydroxyl groups is 1. The summed E-state index contributed by atoms with van der Waals surface area (Å²) in [6.45, 7) is 0.868. The van der Waals surface area contributed by atoms with Crippen LogP contribution >= 0.6 is 0 Å². The second-order valence-electron chi connectivity index (χ2n) is 9.01. The Morgan fingerprint density at radius 2 is 1.83 bits per heavy atom. The number of rotatable bonds is 7. The summed E-state index contributed by atoms with van der Waals surface area (Å²) in [7, 11) is -3.92. The minimum Gasteiger partial charge on any atom is -0.390 e. The summed E-state index contributed by atoms with van der Waals surface area (Å²) in [5.41, 5.74) is 0.359. The van der Waals surface area contributed by atoms with Crippen molar-refractivity contribution in [3.63, 3.8) is 0 Å². The molecule has 0 aromatic heterocycles. The summed E-state index contributed by atoms with van der Waals surface area (Å²) in [6, 6.07) is 10.8. The first kappa shape index (κ1) is 26.0. The molecule has 0 atom stereocenters. The zero-order chi connectivity index (χ0) is 26.0. The normalized spacial score (nSPS) is 17.3. The number of hydrogen-bond acceptors (Lipinski definition) is 6. The lowest BCUT2D eigenvalue weighted by atomic mass is 9.86. The Balaban J connectivity index is 1.36. The molecule has 2 heterocycles. The molecule has 2 aliphatic heterocycles. The van der Waals surface area contributed by atoms with Gasteiger partial charge in [-0.15, -0.1) is 0 Å². The van der Waals surface area contributed by atoms with Crippen molar-refractivity contribution in [2.24, 2.45) is 4.99 Å². The second-order valence-corrected chi connectivity index (χ2v) is 10.7. The number of halogens is 3. The molecule has 8 nitrogen and oxygen atoms in total. The number of hydrogen-bond donors (Lipinski definition) is 3. The molecule has 0 spiro atoms. The van der Waals surface area contributed by atoms with E-state index in [1.54, 1.807) is 23.2 Å². The van der Waals surface area contributed by atoms with Gasteiger partial charge in [0.1, 0.15) is 4.90 Å². The van der Waals surface area contributed by atoms with Crippen LogP contribution in [0.1, 0.15) is 42.5 Å². The molecule has 1 amide bonds. The molecule has 1 saturated heterocycles. The zero-order valence-corrected chi connectivity index (χ0v) is 20.2. The smallest absolute Gasteiger partial charge is 0.389 e. The molecular weight excluding hydrogens is 497 g/mol. The maximum absolute atomic E-state index is 13.0. The van der Waals surface area contributed by atoms with Crippen LogP contribution in [-0.4, -0.2) is 62.0 Å². The van der Waals surface area contributed by atoms with Gasteiger partial charge in [0.05, 0.1) is 23.5 Å². The van der Waals surface area contributed by atoms with Gasteiger partial charge in [-0.05, 0) is 62.1 Å². The number of nitrogens with one attached hydrogen (secondary N) is 2. The fourth-order valence-electron chi connectivity index (χ4n) is 4.39. The maximum atomic E-state index is 13.0. The number of sulfonamides is 1. The van der Waals surface area contributed by atoms with E-state index < -0.39 is 28.2 Å². The van der Waals surface area contributed by atoms with Crippen molar-refractivity contribution in [2.45, 2.75) is 48.8 Å². The summed E-state index contributed by atoms with van der Waals surface area (Å²) in [6.07, 6.45) is -3.25. The van der Waals surface area contributed by atoms with Crippen LogP contribution in [0.15, 0.2) is 52.4 Å². The van der Waals surface area contributed by atoms with Gasteiger partial charge in [0.15, 0.2) is 0 Å². The van der Waals surface area contributed by atoms with Crippen LogP contribution in [0, 0.1) is 0 Å². The van der Waals surface area contributed by atoms with Crippen molar-refractivity contribution < 1.29 is 31.5 Å². The molecule has 194 valence electrons. The lowest BCUT2D eigenvalue weighted by molar-refractivity contribution is -0.138. The van der Waals surface area contributed by atoms with E-state index >= 15 is 0 Å². The Hall–Kier alpha value is -3.12. The molecule has 1 fully saturated rings. The fraction of sp³-hybridized carbons (Fsp3) is 0.417. The average Bonchev–Trinajstić information content (AvgIpc) is 2.83. The molecule has 4 rings (SSSR count). The zero-order valence-electron chi connectivity index (χ0n) is 19.4. The van der Waals surface area contributed by atoms with Crippen molar-refractivity contribution >= 4 is 39.2 Å². The first-order valence-corrected chi connectivity index (χ1v) is 13.0. The van der Waals surface area contributed by atoms with Gasteiger partial charge in [0, 0.05) is 37.0 Å². The van der Waals surface area contributed by atoms with E-state index in [1.165, 1.54) is 30.3 Å². The first-order valence-electron chi connectivity index (χ1n) is 11.6. The lowest BCUT2D eigenvalue weighted by Gasteiger charge is -2.38. The number of likely N-dealkylation sites (tertiary alicyclic amines) is 1. The van der Waals surface area contributed by atoms with Crippen molar-refractivity contribution in [1.82, 2.24) is 4.90 Å². The topological polar surface area (TPSA) is 111 Å². The Bertz CT molecular complexity index is 1240. The van der Waals surface area contributed by atoms with Crippen molar-refractivity contribution in [3.8, 4) is 0 Å². The molecule has 36 heavy (non-hydrogen) atoms. The van der Waals surface area contributed by atoms with Gasteiger partial charge in [-0.1, -0.05) is 6.07 Å². The third-order valence-corrected chi connectivity index (χ3v) is 7.79. The number of amides is 1. The number of para-hydroxylation sites is 1. The molecule has 0 saturated carbocycles. The van der Waals surface area contributed by atoms with E-state index in [4.69, 9.17) is 0 Å². The van der Waals surface area contributed by atoms with Crippen molar-refractivity contribution in [2.75, 3.05) is 29.7 Å². The fourth-order valence-corrected chi connectivity index (χ4v) is 5.65. The highest BCUT2D eigenvalue weighted by Crippen LogP contribution is 2.34. The Morgan fingerprint density at radius 3 is 2.50 bits per heavy atom. The number of nitrogens with zero attached hydrogens (tertiary/aromatic N) is 2. The van der Waals surface area contributed by atoms with Crippen molar-refractivity contribution in [1.29, 1.82) is 0 Å². The number of fused-ring (bicyclic) bond motifs is 1. The van der Waals surface area contributed by atoms with Gasteiger partial charge >= 0.3 is 6.18 Å². The molecule has 3 N–H and O–H groups in total. The molecule has 0 bridgehead atoms. The standard InChI is InChI=1S/C24H27F3N4O4S/c25-24(26,27)10-2-9-23(33)11-15-31(16-12-23)22(32)17-5-7-18(8-6-17)30-36(34,35)20-4-1-3-19-21(20)29-14-13-28-19/h1,3-8,13,29-30,33H,2,9-12,14-16H2. The molecule has 2 aromatic rings. The molecule has 2 aliphatic rings. The number of carbonyl (C=O) groups is 1. The highest BCUT2D eigenvalue weighted by Gasteiger charge is 2.35. The van der Waals surface area contributed by atoms with E-state index in [2.05, 4.69) is 15.0 Å². The van der Waals surface area contributed by atoms with Crippen LogP contribution in [0.3, 0.4) is 0 Å². The first-order chi connectivity index (χ1) is 17.0. The number of anilines is 2. The summed E-state index contributed by atoms with van der Waals surface area (Å²) < 4.78 is 65.6. The SMILES string of the molecule is O=C(c1ccc(NS(=O)(=O)c2cccc3c2NCC=N3)cc1)N1CCC(O)(CCCC(F)(F)F)CC1. The van der Waals surface area contributed by atoms with Crippen LogP contribution in [0.5, 0.6) is 0 Å². The number of benzene rings is 2. The monoisotopic (exact) mass is 524 g/mol. The molecule has 0 radical (unpaired) electrons. The number of carbonyl (C=O) groups excluding carboxylic acids is 1. The predicted molar refractivity (Wildman–Crippen MR) is 130 cm³/mol. The Labute approximate surface area is 207 Å². The van der Waals surface area contributed by atoms with E-state index in [1.807, 2.05) is 0 Å². The average molecular weight is 525 g/mol. The van der Waals surface area contributed by atoms with Crippen molar-refractivity contribution in [3.05, 3.63) is 48.0 Å². The summed E-state index contributed by atoms with van der Waals surface area (Å²) in [5.74, 6) is -0.291. The van der Waals surface area contributed by atoms with Crippen LogP contribution in [-0.2, 0) is 10.0 Å². The second kappa shape index (κ2) is 10.1. The highest BCUT2D eigenvalue weighted by atomic mass is 32.2. The summed E-state index contributed by atoms with van der Waals surface area (Å²) in [5, 5.41) is 13.6. The van der Waals surface area contributed by atoms with Gasteiger partial charge in [0.25, 0.3) is 15.9 Å². The molecule has 12 heteroatoms. The van der Waals surface area contributed by atoms with E-state index in [0.717, 1.165) is 0 Å². The minimum atomic E-state index is -4.25. The van der Waals surface area contributed by atoms with Crippen LogP contribution in [0.4, 0.5) is 30.2 Å². The van der Waals surface area contributed by atoms with Gasteiger partial charge in [0.2, 0.25) is 0 Å². The van der Waals surface area contributed by atoms with E-state index in [0.29, 0.717) is 23.5 Å². The Kier molecular flexibility index (Phi) is 7.28. The lowest BCUT2D eigenvalue weighted by Crippen LogP contribution is -2.46. The number of piperidine rings is 1. The van der Waals surface area contributed by atoms with Crippen LogP contribution in [0.25, 0.3) is 0 Å². The van der Waals surface area contributed by atoms with Crippen LogP contribution in [0.2, 0.25) is 0 Å². The minimum absolute atomic E-state index is 0.0376. The van der Waals surface area contributed by atoms with Gasteiger partial charge in [-0.2, -0.15) is 13.2 Å². The Morgan fingerprint density at radius 1 is 1.14 bits per heavy atom. The summed E-state index contributed by atoms with van der Waals surface area (Å²) in [4.78, 5) is 18.7. The molecule has 0 aliphatic carbocycles. The van der Waals surface area contributed by atoms with Gasteiger partial charge < -0.3 is 15.3 Å². The molecule has 0 unspecified atom stereocenters. The van der Waals surface area contributed by atoms with E-state index in [9.17, 15) is 31.5 Å². The highest BCUT2D eigenvalue weighted by molar-refractivity contribution is 7.92. The number of aliphatic imine (C=N–C) groups is 1. The third-order valence-electron chi connectivity index (χ3n) is 6.36. The molecule has 2 aromatic carbocycles. The van der Waals surface area contributed by atoms with E-state index in [-0.39, 0.29) is 55.3 Å². The predicted octanol–water partition coefficient (Wildman–Crippen LogP) is 4.31. The summed E-state index contributed by atoms with van der Waals surface area (Å²) >= 11 is 0. The van der Waals surface area contributed by atoms with Gasteiger partial charge in [-0.3, -0.25) is 14.5 Å². The third kappa shape index (κ3) is 6.16. The number of alkyl halides is 3. The maximum Gasteiger partial charge on any atom is 0.389 e. The quantitative estimate of drug-likeness (QED) is 0.500. The van der Waals surface area contributed by atoms with Crippen LogP contribution < -0.4 is 10.0 Å². The largest absolute Gasteiger partial charge is 0.390 e. The molecular formula is C24H27F3N4O4S.